The van der Waals surface area contributed by atoms with Crippen LogP contribution >= 0.6 is 23.1 Å². The minimum Gasteiger partial charge on any atom is -0.467 e. The largest absolute Gasteiger partial charge is 0.467 e. The number of nitriles is 1. The molecule has 3 heterocycles. The van der Waals surface area contributed by atoms with Gasteiger partial charge in [0.25, 0.3) is 0 Å². The van der Waals surface area contributed by atoms with Gasteiger partial charge in [-0.05, 0) is 36.6 Å². The molecule has 5 nitrogen and oxygen atoms in total. The maximum atomic E-state index is 13.5. The summed E-state index contributed by atoms with van der Waals surface area (Å²) in [5.41, 5.74) is -1.54. The Bertz CT molecular complexity index is 1030. The van der Waals surface area contributed by atoms with Gasteiger partial charge >= 0.3 is 6.18 Å². The second-order valence-electron chi connectivity index (χ2n) is 5.92. The van der Waals surface area contributed by atoms with E-state index in [-0.39, 0.29) is 16.5 Å². The number of nitrogens with one attached hydrogen (secondary N) is 1. The molecule has 10 heteroatoms. The summed E-state index contributed by atoms with van der Waals surface area (Å²) in [6.45, 7) is 1.72. The molecule has 1 unspecified atom stereocenters. The van der Waals surface area contributed by atoms with E-state index in [9.17, 15) is 23.2 Å². The molecule has 0 aromatic carbocycles. The van der Waals surface area contributed by atoms with E-state index < -0.39 is 29.3 Å². The van der Waals surface area contributed by atoms with Gasteiger partial charge in [-0.15, -0.1) is 11.3 Å². The Labute approximate surface area is 172 Å². The minimum absolute atomic E-state index is 0.109. The van der Waals surface area contributed by atoms with Gasteiger partial charge in [-0.3, -0.25) is 4.79 Å². The van der Waals surface area contributed by atoms with Crippen molar-refractivity contribution in [3.05, 3.63) is 58.9 Å². The lowest BCUT2D eigenvalue weighted by atomic mass is 10.1. The summed E-state index contributed by atoms with van der Waals surface area (Å²) in [5, 5.41) is 13.6. The van der Waals surface area contributed by atoms with Crippen molar-refractivity contribution in [3.63, 3.8) is 0 Å². The number of carbonyl (C=O) groups is 1. The summed E-state index contributed by atoms with van der Waals surface area (Å²) in [5.74, 6) is -0.0596. The number of amides is 1. The van der Waals surface area contributed by atoms with Crippen molar-refractivity contribution >= 4 is 29.0 Å². The Morgan fingerprint density at radius 1 is 1.41 bits per heavy atom. The molecule has 3 aromatic heterocycles. The first-order chi connectivity index (χ1) is 13.8. The molecule has 0 bridgehead atoms. The molecule has 0 aliphatic heterocycles. The number of pyridine rings is 1. The fraction of sp³-hybridized carbons (Fsp3) is 0.211. The first-order valence-corrected chi connectivity index (χ1v) is 10.2. The molecule has 3 aromatic rings. The minimum atomic E-state index is -4.72. The van der Waals surface area contributed by atoms with Gasteiger partial charge in [0.2, 0.25) is 5.91 Å². The second-order valence-corrected chi connectivity index (χ2v) is 7.83. The van der Waals surface area contributed by atoms with Crippen LogP contribution in [-0.4, -0.2) is 16.6 Å². The monoisotopic (exact) mass is 437 g/mol. The average Bonchev–Trinajstić information content (AvgIpc) is 3.38. The van der Waals surface area contributed by atoms with Crippen LogP contribution in [0.3, 0.4) is 0 Å². The van der Waals surface area contributed by atoms with Gasteiger partial charge in [-0.25, -0.2) is 4.98 Å². The quantitative estimate of drug-likeness (QED) is 0.532. The lowest BCUT2D eigenvalue weighted by Crippen LogP contribution is -2.28. The van der Waals surface area contributed by atoms with Crippen molar-refractivity contribution < 1.29 is 22.4 Å². The Balaban J connectivity index is 1.84. The topological polar surface area (TPSA) is 78.9 Å². The molecule has 0 saturated carbocycles. The van der Waals surface area contributed by atoms with Gasteiger partial charge in [0.1, 0.15) is 16.9 Å². The van der Waals surface area contributed by atoms with E-state index in [0.29, 0.717) is 10.6 Å². The predicted molar refractivity (Wildman–Crippen MR) is 103 cm³/mol. The second kappa shape index (κ2) is 8.71. The molecule has 0 saturated heterocycles. The van der Waals surface area contributed by atoms with E-state index in [4.69, 9.17) is 4.42 Å². The number of aromatic nitrogens is 1. The van der Waals surface area contributed by atoms with Crippen molar-refractivity contribution in [3.8, 4) is 16.6 Å². The third kappa shape index (κ3) is 4.99. The number of hydrogen-bond acceptors (Lipinski definition) is 6. The molecular formula is C19H14F3N3O2S2. The highest BCUT2D eigenvalue weighted by atomic mass is 32.2. The molecule has 0 spiro atoms. The summed E-state index contributed by atoms with van der Waals surface area (Å²) in [7, 11) is 0. The number of rotatable bonds is 6. The maximum Gasteiger partial charge on any atom is 0.417 e. The zero-order valence-corrected chi connectivity index (χ0v) is 16.6. The van der Waals surface area contributed by atoms with Crippen LogP contribution in [0.2, 0.25) is 0 Å². The van der Waals surface area contributed by atoms with Gasteiger partial charge < -0.3 is 9.73 Å². The highest BCUT2D eigenvalue weighted by Crippen LogP contribution is 2.38. The van der Waals surface area contributed by atoms with Crippen molar-refractivity contribution in [1.29, 1.82) is 5.26 Å². The lowest BCUT2D eigenvalue weighted by molar-refractivity contribution is -0.138. The molecule has 3 rings (SSSR count). The number of alkyl halides is 3. The predicted octanol–water partition coefficient (Wildman–Crippen LogP) is 5.26. The van der Waals surface area contributed by atoms with Crippen LogP contribution in [0, 0.1) is 11.3 Å². The summed E-state index contributed by atoms with van der Waals surface area (Å²) in [4.78, 5) is 17.0. The van der Waals surface area contributed by atoms with Crippen LogP contribution in [-0.2, 0) is 11.0 Å². The molecule has 0 radical (unpaired) electrons. The van der Waals surface area contributed by atoms with E-state index in [1.807, 2.05) is 0 Å². The zero-order valence-electron chi connectivity index (χ0n) is 15.0. The van der Waals surface area contributed by atoms with Crippen LogP contribution in [0.4, 0.5) is 13.2 Å². The first-order valence-electron chi connectivity index (χ1n) is 8.31. The molecule has 150 valence electrons. The number of hydrogen-bond donors (Lipinski definition) is 1. The third-order valence-corrected chi connectivity index (χ3v) is 5.73. The number of carbonyl (C=O) groups excluding carboxylic acids is 1. The van der Waals surface area contributed by atoms with Crippen LogP contribution in [0.25, 0.3) is 10.6 Å². The average molecular weight is 437 g/mol. The fourth-order valence-corrected chi connectivity index (χ4v) is 4.03. The highest BCUT2D eigenvalue weighted by molar-refractivity contribution is 8.00. The van der Waals surface area contributed by atoms with Crippen LogP contribution in [0.15, 0.2) is 51.4 Å². The lowest BCUT2D eigenvalue weighted by Gasteiger charge is -2.14. The number of furan rings is 1. The number of thioether (sulfide) groups is 1. The molecule has 29 heavy (non-hydrogen) atoms. The van der Waals surface area contributed by atoms with Gasteiger partial charge in [-0.2, -0.15) is 18.4 Å². The Morgan fingerprint density at radius 3 is 2.79 bits per heavy atom. The Kier molecular flexibility index (Phi) is 6.30. The molecule has 1 amide bonds. The van der Waals surface area contributed by atoms with Crippen molar-refractivity contribution in [2.45, 2.75) is 24.2 Å². The van der Waals surface area contributed by atoms with Gasteiger partial charge in [0.05, 0.1) is 39.8 Å². The molecule has 0 aliphatic carbocycles. The van der Waals surface area contributed by atoms with Gasteiger partial charge in [0.15, 0.2) is 0 Å². The van der Waals surface area contributed by atoms with E-state index in [1.54, 1.807) is 42.6 Å². The smallest absolute Gasteiger partial charge is 0.417 e. The SMILES string of the molecule is CC(NC(=O)CSc1nc(-c2cccs2)cc(C(F)(F)F)c1C#N)c1ccco1. The highest BCUT2D eigenvalue weighted by Gasteiger charge is 2.36. The Morgan fingerprint density at radius 2 is 2.21 bits per heavy atom. The summed E-state index contributed by atoms with van der Waals surface area (Å²) >= 11 is 2.03. The normalized spacial score (nSPS) is 12.4. The van der Waals surface area contributed by atoms with E-state index in [1.165, 1.54) is 17.6 Å². The number of nitrogens with zero attached hydrogens (tertiary/aromatic N) is 2. The fourth-order valence-electron chi connectivity index (χ4n) is 2.53. The van der Waals surface area contributed by atoms with Crippen molar-refractivity contribution in [2.75, 3.05) is 5.75 Å². The number of halogens is 3. The van der Waals surface area contributed by atoms with E-state index >= 15 is 0 Å². The maximum absolute atomic E-state index is 13.5. The van der Waals surface area contributed by atoms with Crippen molar-refractivity contribution in [2.24, 2.45) is 0 Å². The van der Waals surface area contributed by atoms with Crippen molar-refractivity contribution in [1.82, 2.24) is 10.3 Å². The van der Waals surface area contributed by atoms with Crippen LogP contribution in [0.1, 0.15) is 29.9 Å². The molecule has 0 aliphatic rings. The standard InChI is InChI=1S/C19H14F3N3O2S2/c1-11(15-4-2-6-27-15)24-17(26)10-29-18-12(9-23)13(19(20,21)22)8-14(25-18)16-5-3-7-28-16/h2-8,11H,10H2,1H3,(H,24,26). The molecule has 1 atom stereocenters. The van der Waals surface area contributed by atoms with E-state index in [2.05, 4.69) is 10.3 Å². The first kappa shape index (κ1) is 21.0. The summed E-state index contributed by atoms with van der Waals surface area (Å²) in [6, 6.07) is 8.78. The Hall–Kier alpha value is -2.77. The summed E-state index contributed by atoms with van der Waals surface area (Å²) < 4.78 is 45.7. The summed E-state index contributed by atoms with van der Waals surface area (Å²) in [6.07, 6.45) is -3.24. The van der Waals surface area contributed by atoms with Gasteiger partial charge in [-0.1, -0.05) is 17.8 Å². The van der Waals surface area contributed by atoms with Crippen LogP contribution < -0.4 is 5.32 Å². The van der Waals surface area contributed by atoms with Gasteiger partial charge in [0, 0.05) is 0 Å². The molecular weight excluding hydrogens is 423 g/mol. The van der Waals surface area contributed by atoms with E-state index in [0.717, 1.165) is 17.8 Å². The van der Waals surface area contributed by atoms with Crippen LogP contribution in [0.5, 0.6) is 0 Å². The third-order valence-electron chi connectivity index (χ3n) is 3.86. The number of thiophene rings is 1. The zero-order chi connectivity index (χ0) is 21.0. The molecule has 0 fully saturated rings. The molecule has 1 N–H and O–H groups in total.